The topological polar surface area (TPSA) is 87.7 Å². The first kappa shape index (κ1) is 20.0. The van der Waals surface area contributed by atoms with Gasteiger partial charge in [-0.1, -0.05) is 29.3 Å². The normalized spacial score (nSPS) is 10.4. The number of methoxy groups -OCH3 is 1. The maximum Gasteiger partial charge on any atom is 0.338 e. The molecule has 28 heavy (non-hydrogen) atoms. The number of halogens is 2. The molecule has 0 atom stereocenters. The van der Waals surface area contributed by atoms with Crippen molar-refractivity contribution in [3.05, 3.63) is 64.1 Å². The summed E-state index contributed by atoms with van der Waals surface area (Å²) in [5.41, 5.74) is 1.22. The first-order chi connectivity index (χ1) is 13.4. The molecule has 0 radical (unpaired) electrons. The Morgan fingerprint density at radius 3 is 2.32 bits per heavy atom. The first-order valence-electron chi connectivity index (χ1n) is 7.92. The number of urea groups is 1. The predicted molar refractivity (Wildman–Crippen MR) is 112 cm³/mol. The average Bonchev–Trinajstić information content (AvgIpc) is 3.08. The summed E-state index contributed by atoms with van der Waals surface area (Å²) in [6.07, 6.45) is 0. The van der Waals surface area contributed by atoms with Crippen LogP contribution in [0, 0.1) is 0 Å². The third-order valence-electron chi connectivity index (χ3n) is 3.74. The van der Waals surface area contributed by atoms with Crippen LogP contribution < -0.4 is 15.4 Å². The number of amides is 2. The van der Waals surface area contributed by atoms with Gasteiger partial charge in [-0.15, -0.1) is 11.3 Å². The first-order valence-corrected chi connectivity index (χ1v) is 9.49. The highest BCUT2D eigenvalue weighted by Gasteiger charge is 2.18. The van der Waals surface area contributed by atoms with E-state index in [4.69, 9.17) is 27.9 Å². The molecule has 0 aliphatic rings. The van der Waals surface area contributed by atoms with Crippen LogP contribution >= 0.6 is 34.5 Å². The van der Waals surface area contributed by atoms with E-state index >= 15 is 0 Å². The van der Waals surface area contributed by atoms with E-state index in [0.717, 1.165) is 11.3 Å². The van der Waals surface area contributed by atoms with Gasteiger partial charge >= 0.3 is 12.0 Å². The van der Waals surface area contributed by atoms with Crippen molar-refractivity contribution in [2.45, 2.75) is 0 Å². The molecule has 0 aliphatic heterocycles. The van der Waals surface area contributed by atoms with E-state index in [1.807, 2.05) is 0 Å². The van der Waals surface area contributed by atoms with Crippen LogP contribution in [0.15, 0.2) is 48.5 Å². The number of hydrogen-bond donors (Lipinski definition) is 3. The highest BCUT2D eigenvalue weighted by molar-refractivity contribution is 7.20. The lowest BCUT2D eigenvalue weighted by atomic mass is 10.1. The van der Waals surface area contributed by atoms with Crippen molar-refractivity contribution >= 4 is 57.2 Å². The minimum atomic E-state index is -1.15. The summed E-state index contributed by atoms with van der Waals surface area (Å²) in [4.78, 5) is 24.5. The number of rotatable bonds is 5. The smallest absolute Gasteiger partial charge is 0.338 e. The largest absolute Gasteiger partial charge is 0.497 e. The number of carboxylic acid groups (broad SMARTS) is 1. The molecule has 3 N–H and O–H groups in total. The van der Waals surface area contributed by atoms with Gasteiger partial charge in [0.1, 0.15) is 10.8 Å². The Labute approximate surface area is 174 Å². The summed E-state index contributed by atoms with van der Waals surface area (Å²) < 4.78 is 5.06. The van der Waals surface area contributed by atoms with Crippen LogP contribution in [-0.4, -0.2) is 24.2 Å². The van der Waals surface area contributed by atoms with Crippen molar-refractivity contribution in [1.82, 2.24) is 0 Å². The van der Waals surface area contributed by atoms with E-state index in [9.17, 15) is 14.7 Å². The van der Waals surface area contributed by atoms with E-state index < -0.39 is 12.0 Å². The maximum absolute atomic E-state index is 12.3. The number of carboxylic acids is 1. The molecule has 0 bridgehead atoms. The van der Waals surface area contributed by atoms with Crippen molar-refractivity contribution in [3.8, 4) is 16.2 Å². The Hall–Kier alpha value is -2.74. The maximum atomic E-state index is 12.3. The van der Waals surface area contributed by atoms with Crippen molar-refractivity contribution < 1.29 is 19.4 Å². The van der Waals surface area contributed by atoms with Crippen LogP contribution in [0.3, 0.4) is 0 Å². The molecule has 144 valence electrons. The minimum Gasteiger partial charge on any atom is -0.497 e. The quantitative estimate of drug-likeness (QED) is 0.452. The zero-order valence-corrected chi connectivity index (χ0v) is 16.8. The molecule has 3 aromatic rings. The van der Waals surface area contributed by atoms with Gasteiger partial charge in [0.15, 0.2) is 0 Å². The fourth-order valence-electron chi connectivity index (χ4n) is 2.37. The second kappa shape index (κ2) is 8.52. The molecule has 0 fully saturated rings. The van der Waals surface area contributed by atoms with Gasteiger partial charge in [-0.2, -0.15) is 0 Å². The van der Waals surface area contributed by atoms with E-state index in [2.05, 4.69) is 10.6 Å². The minimum absolute atomic E-state index is 0.0176. The molecule has 0 spiro atoms. The molecule has 3 rings (SSSR count). The SMILES string of the molecule is COc1ccc(NC(=O)Nc2sc(-c3ccc(Cl)c(Cl)c3)cc2C(=O)O)cc1. The van der Waals surface area contributed by atoms with Crippen LogP contribution in [-0.2, 0) is 0 Å². The molecular formula is C19H14Cl2N2O4S. The van der Waals surface area contributed by atoms with E-state index in [0.29, 0.717) is 31.9 Å². The molecule has 0 unspecified atom stereocenters. The number of ether oxygens (including phenoxy) is 1. The number of carbonyl (C=O) groups excluding carboxylic acids is 1. The standard InChI is InChI=1S/C19H14Cl2N2O4S/c1-27-12-5-3-11(4-6-12)22-19(26)23-17-13(18(24)25)9-16(28-17)10-2-7-14(20)15(21)8-10/h2-9H,1H3,(H,24,25)(H2,22,23,26). The number of carbonyl (C=O) groups is 2. The average molecular weight is 437 g/mol. The van der Waals surface area contributed by atoms with Crippen LogP contribution in [0.5, 0.6) is 5.75 Å². The van der Waals surface area contributed by atoms with Gasteiger partial charge < -0.3 is 15.2 Å². The summed E-state index contributed by atoms with van der Waals surface area (Å²) in [5, 5.41) is 15.7. The molecule has 1 aromatic heterocycles. The van der Waals surface area contributed by atoms with Crippen LogP contribution in [0.1, 0.15) is 10.4 Å². The monoisotopic (exact) mass is 436 g/mol. The summed E-state index contributed by atoms with van der Waals surface area (Å²) in [6.45, 7) is 0. The fourth-order valence-corrected chi connectivity index (χ4v) is 3.71. The number of benzene rings is 2. The summed E-state index contributed by atoms with van der Waals surface area (Å²) in [6, 6.07) is 12.7. The number of hydrogen-bond acceptors (Lipinski definition) is 4. The van der Waals surface area contributed by atoms with Gasteiger partial charge in [0.25, 0.3) is 0 Å². The van der Waals surface area contributed by atoms with Gasteiger partial charge in [-0.25, -0.2) is 9.59 Å². The zero-order chi connectivity index (χ0) is 20.3. The van der Waals surface area contributed by atoms with Gasteiger partial charge in [0, 0.05) is 10.6 Å². The third kappa shape index (κ3) is 4.56. The Morgan fingerprint density at radius 2 is 1.71 bits per heavy atom. The molecule has 9 heteroatoms. The molecular weight excluding hydrogens is 423 g/mol. The van der Waals surface area contributed by atoms with Crippen molar-refractivity contribution in [2.75, 3.05) is 17.7 Å². The highest BCUT2D eigenvalue weighted by Crippen LogP contribution is 2.37. The van der Waals surface area contributed by atoms with E-state index in [1.165, 1.54) is 6.07 Å². The molecule has 1 heterocycles. The Morgan fingerprint density at radius 1 is 1.00 bits per heavy atom. The lowest BCUT2D eigenvalue weighted by Crippen LogP contribution is -2.19. The van der Waals surface area contributed by atoms with Gasteiger partial charge in [-0.05, 0) is 48.0 Å². The second-order valence-electron chi connectivity index (χ2n) is 5.60. The van der Waals surface area contributed by atoms with E-state index in [-0.39, 0.29) is 10.6 Å². The zero-order valence-electron chi connectivity index (χ0n) is 14.5. The summed E-state index contributed by atoms with van der Waals surface area (Å²) in [7, 11) is 1.55. The van der Waals surface area contributed by atoms with Crippen molar-refractivity contribution in [2.24, 2.45) is 0 Å². The molecule has 0 saturated heterocycles. The lowest BCUT2D eigenvalue weighted by molar-refractivity contribution is 0.0698. The Balaban J connectivity index is 1.81. The lowest BCUT2D eigenvalue weighted by Gasteiger charge is -2.07. The second-order valence-corrected chi connectivity index (χ2v) is 7.46. The van der Waals surface area contributed by atoms with Crippen LogP contribution in [0.25, 0.3) is 10.4 Å². The number of anilines is 2. The predicted octanol–water partition coefficient (Wildman–Crippen LogP) is 6.07. The van der Waals surface area contributed by atoms with Crippen LogP contribution in [0.2, 0.25) is 10.0 Å². The Bertz CT molecular complexity index is 1030. The van der Waals surface area contributed by atoms with Gasteiger partial charge in [0.2, 0.25) is 0 Å². The molecule has 2 aromatic carbocycles. The molecule has 0 saturated carbocycles. The van der Waals surface area contributed by atoms with Crippen LogP contribution in [0.4, 0.5) is 15.5 Å². The highest BCUT2D eigenvalue weighted by atomic mass is 35.5. The molecule has 2 amide bonds. The number of nitrogens with one attached hydrogen (secondary N) is 2. The van der Waals surface area contributed by atoms with Gasteiger partial charge in [-0.3, -0.25) is 5.32 Å². The fraction of sp³-hybridized carbons (Fsp3) is 0.0526. The number of thiophene rings is 1. The Kier molecular flexibility index (Phi) is 6.08. The molecule has 0 aliphatic carbocycles. The van der Waals surface area contributed by atoms with Crippen molar-refractivity contribution in [1.29, 1.82) is 0 Å². The third-order valence-corrected chi connectivity index (χ3v) is 5.58. The number of aromatic carboxylic acids is 1. The summed E-state index contributed by atoms with van der Waals surface area (Å²) in [5.74, 6) is -0.494. The van der Waals surface area contributed by atoms with E-state index in [1.54, 1.807) is 49.6 Å². The molecule has 6 nitrogen and oxygen atoms in total. The van der Waals surface area contributed by atoms with Gasteiger partial charge in [0.05, 0.1) is 22.7 Å². The summed E-state index contributed by atoms with van der Waals surface area (Å²) >= 11 is 13.1. The van der Waals surface area contributed by atoms with Crippen molar-refractivity contribution in [3.63, 3.8) is 0 Å².